The molecule has 0 atom stereocenters. The lowest BCUT2D eigenvalue weighted by Crippen LogP contribution is -2.37. The molecule has 0 spiro atoms. The highest BCUT2D eigenvalue weighted by Crippen LogP contribution is 2.24. The highest BCUT2D eigenvalue weighted by atomic mass is 16.2. The van der Waals surface area contributed by atoms with E-state index in [9.17, 15) is 4.79 Å². The maximum atomic E-state index is 11.8. The van der Waals surface area contributed by atoms with E-state index in [4.69, 9.17) is 5.73 Å². The van der Waals surface area contributed by atoms with Gasteiger partial charge in [-0.15, -0.1) is 0 Å². The van der Waals surface area contributed by atoms with Crippen LogP contribution in [0, 0.1) is 5.92 Å². The van der Waals surface area contributed by atoms with Crippen LogP contribution in [0.1, 0.15) is 35.2 Å². The number of nitrogens with one attached hydrogen (secondary N) is 1. The number of nitrogens with zero attached hydrogens (tertiary/aromatic N) is 2. The topological polar surface area (TPSA) is 70.7 Å². The molecule has 0 aliphatic heterocycles. The zero-order chi connectivity index (χ0) is 15.2. The highest BCUT2D eigenvalue weighted by Gasteiger charge is 2.16. The van der Waals surface area contributed by atoms with Crippen LogP contribution in [0.5, 0.6) is 0 Å². The second kappa shape index (κ2) is 7.11. The van der Waals surface area contributed by atoms with Gasteiger partial charge in [-0.1, -0.05) is 18.6 Å². The Morgan fingerprint density at radius 2 is 2.00 bits per heavy atom. The molecule has 1 amide bonds. The second-order valence-corrected chi connectivity index (χ2v) is 5.78. The number of rotatable bonds is 5. The van der Waals surface area contributed by atoms with Crippen LogP contribution < -0.4 is 11.1 Å². The third-order valence-corrected chi connectivity index (χ3v) is 3.84. The molecule has 3 N–H and O–H groups in total. The Hall–Kier alpha value is -2.04. The predicted octanol–water partition coefficient (Wildman–Crippen LogP) is 1.59. The minimum absolute atomic E-state index is 0.00623. The average Bonchev–Trinajstić information content (AvgIpc) is 2.43. The third kappa shape index (κ3) is 4.48. The van der Waals surface area contributed by atoms with Crippen molar-refractivity contribution in [1.29, 1.82) is 0 Å². The van der Waals surface area contributed by atoms with Crippen LogP contribution in [0.4, 0.5) is 0 Å². The first kappa shape index (κ1) is 15.4. The maximum Gasteiger partial charge on any atom is 0.253 e. The fourth-order valence-corrected chi connectivity index (χ4v) is 2.19. The maximum absolute atomic E-state index is 11.8. The molecular weight excluding hydrogens is 264 g/mol. The van der Waals surface area contributed by atoms with Gasteiger partial charge in [0, 0.05) is 26.2 Å². The van der Waals surface area contributed by atoms with E-state index in [1.807, 2.05) is 24.3 Å². The van der Waals surface area contributed by atoms with Crippen LogP contribution in [0.3, 0.4) is 0 Å². The van der Waals surface area contributed by atoms with Gasteiger partial charge >= 0.3 is 0 Å². The Kier molecular flexibility index (Phi) is 5.20. The quantitative estimate of drug-likeness (QED) is 0.638. The first-order valence-electron chi connectivity index (χ1n) is 7.40. The summed E-state index contributed by atoms with van der Waals surface area (Å²) in [6.45, 7) is 1.45. The van der Waals surface area contributed by atoms with Crippen LogP contribution >= 0.6 is 0 Å². The number of guanidine groups is 1. The fourth-order valence-electron chi connectivity index (χ4n) is 2.19. The Labute approximate surface area is 126 Å². The van der Waals surface area contributed by atoms with Gasteiger partial charge in [0.1, 0.15) is 0 Å². The Morgan fingerprint density at radius 1 is 1.33 bits per heavy atom. The highest BCUT2D eigenvalue weighted by molar-refractivity contribution is 5.93. The van der Waals surface area contributed by atoms with E-state index in [0.717, 1.165) is 18.0 Å². The van der Waals surface area contributed by atoms with Crippen molar-refractivity contribution in [3.8, 4) is 0 Å². The van der Waals surface area contributed by atoms with Crippen LogP contribution in [-0.4, -0.2) is 37.4 Å². The molecule has 1 aliphatic carbocycles. The monoisotopic (exact) mass is 288 g/mol. The van der Waals surface area contributed by atoms with E-state index in [2.05, 4.69) is 10.3 Å². The molecule has 0 bridgehead atoms. The summed E-state index contributed by atoms with van der Waals surface area (Å²) in [5.74, 6) is 1.26. The van der Waals surface area contributed by atoms with Crippen molar-refractivity contribution in [3.05, 3.63) is 35.4 Å². The van der Waals surface area contributed by atoms with Gasteiger partial charge in [-0.25, -0.2) is 4.99 Å². The smallest absolute Gasteiger partial charge is 0.253 e. The SMILES string of the molecule is CN(C)C(=O)c1ccc(CN=C(N)NCC2CCC2)cc1. The van der Waals surface area contributed by atoms with Crippen LogP contribution in [0.2, 0.25) is 0 Å². The van der Waals surface area contributed by atoms with Crippen molar-refractivity contribution in [1.82, 2.24) is 10.2 Å². The van der Waals surface area contributed by atoms with Crippen LogP contribution in [0.25, 0.3) is 0 Å². The summed E-state index contributed by atoms with van der Waals surface area (Å²) < 4.78 is 0. The number of hydrogen-bond donors (Lipinski definition) is 2. The standard InChI is InChI=1S/C16H24N4O/c1-20(2)15(21)14-8-6-13(7-9-14)11-19-16(17)18-10-12-4-3-5-12/h6-9,12H,3-5,10-11H2,1-2H3,(H3,17,18,19). The van der Waals surface area contributed by atoms with E-state index in [1.165, 1.54) is 19.3 Å². The molecule has 1 fully saturated rings. The summed E-state index contributed by atoms with van der Waals surface area (Å²) in [5, 5.41) is 3.17. The third-order valence-electron chi connectivity index (χ3n) is 3.84. The normalized spacial score (nSPS) is 15.4. The number of carbonyl (C=O) groups is 1. The largest absolute Gasteiger partial charge is 0.370 e. The Balaban J connectivity index is 1.83. The van der Waals surface area contributed by atoms with Crippen molar-refractivity contribution in [2.75, 3.05) is 20.6 Å². The minimum atomic E-state index is 0.00623. The van der Waals surface area contributed by atoms with E-state index >= 15 is 0 Å². The molecule has 5 heteroatoms. The van der Waals surface area contributed by atoms with E-state index in [-0.39, 0.29) is 5.91 Å². The zero-order valence-corrected chi connectivity index (χ0v) is 12.8. The molecule has 21 heavy (non-hydrogen) atoms. The van der Waals surface area contributed by atoms with Crippen LogP contribution in [0.15, 0.2) is 29.3 Å². The molecule has 0 aromatic heterocycles. The van der Waals surface area contributed by atoms with Gasteiger partial charge in [-0.05, 0) is 36.5 Å². The number of carbonyl (C=O) groups excluding carboxylic acids is 1. The van der Waals surface area contributed by atoms with Gasteiger partial charge in [0.2, 0.25) is 0 Å². The minimum Gasteiger partial charge on any atom is -0.370 e. The number of aliphatic imine (C=N–C) groups is 1. The average molecular weight is 288 g/mol. The molecule has 0 heterocycles. The molecule has 0 unspecified atom stereocenters. The Bertz CT molecular complexity index is 504. The van der Waals surface area contributed by atoms with Crippen molar-refractivity contribution in [3.63, 3.8) is 0 Å². The van der Waals surface area contributed by atoms with Gasteiger partial charge < -0.3 is 16.0 Å². The first-order valence-corrected chi connectivity index (χ1v) is 7.40. The lowest BCUT2D eigenvalue weighted by atomic mass is 9.85. The Morgan fingerprint density at radius 3 is 2.52 bits per heavy atom. The van der Waals surface area contributed by atoms with Gasteiger partial charge in [0.15, 0.2) is 5.96 Å². The molecule has 2 rings (SSSR count). The van der Waals surface area contributed by atoms with Gasteiger partial charge in [0.05, 0.1) is 6.54 Å². The molecule has 5 nitrogen and oxygen atoms in total. The second-order valence-electron chi connectivity index (χ2n) is 5.78. The number of amides is 1. The first-order chi connectivity index (χ1) is 10.1. The number of benzene rings is 1. The van der Waals surface area contributed by atoms with E-state index < -0.39 is 0 Å². The van der Waals surface area contributed by atoms with Crippen molar-refractivity contribution < 1.29 is 4.79 Å². The molecule has 1 saturated carbocycles. The van der Waals surface area contributed by atoms with Crippen LogP contribution in [-0.2, 0) is 6.54 Å². The lowest BCUT2D eigenvalue weighted by Gasteiger charge is -2.25. The summed E-state index contributed by atoms with van der Waals surface area (Å²) >= 11 is 0. The zero-order valence-electron chi connectivity index (χ0n) is 12.8. The molecule has 0 radical (unpaired) electrons. The molecule has 114 valence electrons. The van der Waals surface area contributed by atoms with Crippen molar-refractivity contribution in [2.24, 2.45) is 16.6 Å². The van der Waals surface area contributed by atoms with Gasteiger partial charge in [-0.2, -0.15) is 0 Å². The fraction of sp³-hybridized carbons (Fsp3) is 0.500. The van der Waals surface area contributed by atoms with Crippen molar-refractivity contribution in [2.45, 2.75) is 25.8 Å². The number of nitrogens with two attached hydrogens (primary N) is 1. The van der Waals surface area contributed by atoms with Crippen molar-refractivity contribution >= 4 is 11.9 Å². The molecule has 1 aliphatic rings. The summed E-state index contributed by atoms with van der Waals surface area (Å²) in [5.41, 5.74) is 7.57. The van der Waals surface area contributed by atoms with Gasteiger partial charge in [-0.3, -0.25) is 4.79 Å². The molecule has 1 aromatic carbocycles. The lowest BCUT2D eigenvalue weighted by molar-refractivity contribution is 0.0827. The summed E-state index contributed by atoms with van der Waals surface area (Å²) in [6.07, 6.45) is 3.92. The molecular formula is C16H24N4O. The van der Waals surface area contributed by atoms with E-state index in [0.29, 0.717) is 18.1 Å². The summed E-state index contributed by atoms with van der Waals surface area (Å²) in [6, 6.07) is 7.48. The molecule has 0 saturated heterocycles. The predicted molar refractivity (Wildman–Crippen MR) is 85.1 cm³/mol. The number of hydrogen-bond acceptors (Lipinski definition) is 2. The van der Waals surface area contributed by atoms with Gasteiger partial charge in [0.25, 0.3) is 5.91 Å². The summed E-state index contributed by atoms with van der Waals surface area (Å²) in [4.78, 5) is 17.7. The molecule has 1 aromatic rings. The van der Waals surface area contributed by atoms with E-state index in [1.54, 1.807) is 19.0 Å². The summed E-state index contributed by atoms with van der Waals surface area (Å²) in [7, 11) is 3.49.